The van der Waals surface area contributed by atoms with Gasteiger partial charge in [-0.15, -0.1) is 17.9 Å². The highest BCUT2D eigenvalue weighted by molar-refractivity contribution is 7.14. The molecule has 1 aromatic heterocycles. The van der Waals surface area contributed by atoms with Crippen LogP contribution in [-0.4, -0.2) is 24.0 Å². The molecule has 1 heterocycles. The maximum atomic E-state index is 12.7. The van der Waals surface area contributed by atoms with E-state index in [1.807, 2.05) is 35.7 Å². The Hall–Kier alpha value is -3.43. The van der Waals surface area contributed by atoms with Crippen molar-refractivity contribution in [3.05, 3.63) is 78.2 Å². The number of benzene rings is 2. The van der Waals surface area contributed by atoms with Crippen molar-refractivity contribution in [2.75, 3.05) is 18.1 Å². The maximum absolute atomic E-state index is 12.7. The molecule has 0 bridgehead atoms. The molecule has 5 nitrogen and oxygen atoms in total. The number of anilines is 1. The molecule has 0 atom stereocenters. The molecule has 0 aliphatic rings. The molecular formula is C21H17N3O2S. The third-order valence-electron chi connectivity index (χ3n) is 3.76. The molecule has 6 heteroatoms. The fraction of sp³-hybridized carbons (Fsp3) is 0.0952. The highest BCUT2D eigenvalue weighted by Crippen LogP contribution is 2.27. The highest BCUT2D eigenvalue weighted by atomic mass is 32.1. The van der Waals surface area contributed by atoms with E-state index in [1.165, 1.54) is 16.2 Å². The van der Waals surface area contributed by atoms with E-state index in [0.29, 0.717) is 23.0 Å². The summed E-state index contributed by atoms with van der Waals surface area (Å²) >= 11 is 1.39. The number of carbonyl (C=O) groups is 1. The second-order valence-electron chi connectivity index (χ2n) is 5.57. The van der Waals surface area contributed by atoms with Crippen LogP contribution in [0.2, 0.25) is 0 Å². The van der Waals surface area contributed by atoms with E-state index < -0.39 is 0 Å². The number of ether oxygens (including phenoxy) is 1. The minimum Gasteiger partial charge on any atom is -0.482 e. The summed E-state index contributed by atoms with van der Waals surface area (Å²) in [6.07, 6.45) is 1.64. The van der Waals surface area contributed by atoms with Gasteiger partial charge in [0.15, 0.2) is 11.7 Å². The first-order valence-corrected chi connectivity index (χ1v) is 9.15. The second-order valence-corrected chi connectivity index (χ2v) is 6.41. The van der Waals surface area contributed by atoms with Gasteiger partial charge in [-0.2, -0.15) is 5.26 Å². The molecular weight excluding hydrogens is 358 g/mol. The molecule has 3 rings (SSSR count). The van der Waals surface area contributed by atoms with Gasteiger partial charge in [0.1, 0.15) is 11.8 Å². The van der Waals surface area contributed by atoms with Crippen LogP contribution < -0.4 is 9.64 Å². The smallest absolute Gasteiger partial charge is 0.266 e. The number of hydrogen-bond acceptors (Lipinski definition) is 5. The topological polar surface area (TPSA) is 66.2 Å². The molecule has 0 saturated heterocycles. The lowest BCUT2D eigenvalue weighted by Crippen LogP contribution is -2.35. The predicted octanol–water partition coefficient (Wildman–Crippen LogP) is 4.28. The van der Waals surface area contributed by atoms with Gasteiger partial charge in [-0.25, -0.2) is 4.98 Å². The predicted molar refractivity (Wildman–Crippen MR) is 107 cm³/mol. The van der Waals surface area contributed by atoms with Crippen LogP contribution in [0.15, 0.2) is 72.6 Å². The molecule has 0 fully saturated rings. The summed E-state index contributed by atoms with van der Waals surface area (Å²) < 4.78 is 5.56. The van der Waals surface area contributed by atoms with Gasteiger partial charge in [0, 0.05) is 17.5 Å². The van der Waals surface area contributed by atoms with Crippen molar-refractivity contribution in [3.8, 4) is 23.1 Å². The normalized spacial score (nSPS) is 10.0. The van der Waals surface area contributed by atoms with Gasteiger partial charge in [0.05, 0.1) is 11.3 Å². The van der Waals surface area contributed by atoms with Crippen LogP contribution in [0.5, 0.6) is 5.75 Å². The third kappa shape index (κ3) is 4.40. The Morgan fingerprint density at radius 3 is 2.70 bits per heavy atom. The number of hydrogen-bond donors (Lipinski definition) is 0. The number of aromatic nitrogens is 1. The molecule has 3 aromatic rings. The van der Waals surface area contributed by atoms with E-state index in [4.69, 9.17) is 10.00 Å². The lowest BCUT2D eigenvalue weighted by molar-refractivity contribution is -0.120. The zero-order chi connectivity index (χ0) is 19.1. The van der Waals surface area contributed by atoms with Gasteiger partial charge in [-0.1, -0.05) is 48.5 Å². The number of nitriles is 1. The fourth-order valence-electron chi connectivity index (χ4n) is 2.45. The van der Waals surface area contributed by atoms with Gasteiger partial charge in [0.2, 0.25) is 0 Å². The van der Waals surface area contributed by atoms with Crippen molar-refractivity contribution in [2.45, 2.75) is 0 Å². The van der Waals surface area contributed by atoms with Crippen LogP contribution in [0.3, 0.4) is 0 Å². The number of thiazole rings is 1. The molecule has 0 saturated carbocycles. The average Bonchev–Trinajstić information content (AvgIpc) is 3.21. The molecule has 27 heavy (non-hydrogen) atoms. The maximum Gasteiger partial charge on any atom is 0.266 e. The standard InChI is InChI=1S/C21H17N3O2S/c1-2-12-24(20(25)14-26-19-11-7-6-10-17(19)13-22)21-23-18(15-27-21)16-8-4-3-5-9-16/h2-11,15H,1,12,14H2. The molecule has 0 aliphatic heterocycles. The Kier molecular flexibility index (Phi) is 5.98. The van der Waals surface area contributed by atoms with Gasteiger partial charge in [0.25, 0.3) is 5.91 Å². The van der Waals surface area contributed by atoms with Crippen molar-refractivity contribution in [3.63, 3.8) is 0 Å². The highest BCUT2D eigenvalue weighted by Gasteiger charge is 2.19. The van der Waals surface area contributed by atoms with E-state index in [2.05, 4.69) is 17.6 Å². The van der Waals surface area contributed by atoms with Crippen molar-refractivity contribution < 1.29 is 9.53 Å². The van der Waals surface area contributed by atoms with Crippen molar-refractivity contribution in [2.24, 2.45) is 0 Å². The Morgan fingerprint density at radius 1 is 1.22 bits per heavy atom. The summed E-state index contributed by atoms with van der Waals surface area (Å²) in [6, 6.07) is 18.7. The Balaban J connectivity index is 1.75. The monoisotopic (exact) mass is 375 g/mol. The first-order chi connectivity index (χ1) is 13.2. The first-order valence-electron chi connectivity index (χ1n) is 8.27. The molecule has 0 unspecified atom stereocenters. The zero-order valence-electron chi connectivity index (χ0n) is 14.5. The van der Waals surface area contributed by atoms with E-state index in [9.17, 15) is 4.79 Å². The Bertz CT molecular complexity index is 976. The molecule has 0 aliphatic carbocycles. The average molecular weight is 375 g/mol. The minimum atomic E-state index is -0.253. The van der Waals surface area contributed by atoms with E-state index in [1.54, 1.807) is 30.3 Å². The molecule has 0 radical (unpaired) electrons. The van der Waals surface area contributed by atoms with Crippen LogP contribution in [0, 0.1) is 11.3 Å². The number of rotatable bonds is 7. The number of nitrogens with zero attached hydrogens (tertiary/aromatic N) is 3. The van der Waals surface area contributed by atoms with Crippen LogP contribution in [-0.2, 0) is 4.79 Å². The van der Waals surface area contributed by atoms with Gasteiger partial charge in [-0.05, 0) is 12.1 Å². The van der Waals surface area contributed by atoms with Crippen LogP contribution in [0.25, 0.3) is 11.3 Å². The largest absolute Gasteiger partial charge is 0.482 e. The van der Waals surface area contributed by atoms with Gasteiger partial charge >= 0.3 is 0 Å². The van der Waals surface area contributed by atoms with Gasteiger partial charge < -0.3 is 4.74 Å². The molecule has 0 N–H and O–H groups in total. The summed E-state index contributed by atoms with van der Waals surface area (Å²) in [5, 5.41) is 11.6. The summed E-state index contributed by atoms with van der Waals surface area (Å²) in [5.41, 5.74) is 2.19. The molecule has 1 amide bonds. The number of para-hydroxylation sites is 1. The fourth-order valence-corrected chi connectivity index (χ4v) is 3.31. The lowest BCUT2D eigenvalue weighted by atomic mass is 10.2. The van der Waals surface area contributed by atoms with E-state index in [-0.39, 0.29) is 12.5 Å². The van der Waals surface area contributed by atoms with Crippen LogP contribution in [0.4, 0.5) is 5.13 Å². The second kappa shape index (κ2) is 8.79. The molecule has 0 spiro atoms. The minimum absolute atomic E-state index is 0.188. The quantitative estimate of drug-likeness (QED) is 0.578. The molecule has 134 valence electrons. The lowest BCUT2D eigenvalue weighted by Gasteiger charge is -2.18. The Labute approximate surface area is 161 Å². The van der Waals surface area contributed by atoms with Crippen molar-refractivity contribution in [1.82, 2.24) is 4.98 Å². The number of carbonyl (C=O) groups excluding carboxylic acids is 1. The summed E-state index contributed by atoms with van der Waals surface area (Å²) in [5.74, 6) is 0.132. The van der Waals surface area contributed by atoms with E-state index in [0.717, 1.165) is 11.3 Å². The van der Waals surface area contributed by atoms with Crippen molar-refractivity contribution in [1.29, 1.82) is 5.26 Å². The van der Waals surface area contributed by atoms with Crippen LogP contribution >= 0.6 is 11.3 Å². The summed E-state index contributed by atoms with van der Waals surface area (Å²) in [7, 11) is 0. The number of amides is 1. The molecule has 2 aromatic carbocycles. The van der Waals surface area contributed by atoms with Gasteiger partial charge in [-0.3, -0.25) is 9.69 Å². The first kappa shape index (κ1) is 18.4. The van der Waals surface area contributed by atoms with Crippen molar-refractivity contribution >= 4 is 22.4 Å². The van der Waals surface area contributed by atoms with Crippen LogP contribution in [0.1, 0.15) is 5.56 Å². The zero-order valence-corrected chi connectivity index (χ0v) is 15.4. The summed E-state index contributed by atoms with van der Waals surface area (Å²) in [4.78, 5) is 18.8. The van der Waals surface area contributed by atoms with E-state index >= 15 is 0 Å². The Morgan fingerprint density at radius 2 is 1.96 bits per heavy atom. The summed E-state index contributed by atoms with van der Waals surface area (Å²) in [6.45, 7) is 3.85. The SMILES string of the molecule is C=CCN(C(=O)COc1ccccc1C#N)c1nc(-c2ccccc2)cs1. The third-order valence-corrected chi connectivity index (χ3v) is 4.63.